The summed E-state index contributed by atoms with van der Waals surface area (Å²) in [7, 11) is 0. The van der Waals surface area contributed by atoms with Crippen LogP contribution < -0.4 is 15.4 Å². The Morgan fingerprint density at radius 2 is 1.68 bits per heavy atom. The highest BCUT2D eigenvalue weighted by atomic mass is 35.5. The van der Waals surface area contributed by atoms with E-state index in [-0.39, 0.29) is 11.3 Å². The Hall–Kier alpha value is -3.00. The number of aromatic nitrogens is 2. The smallest absolute Gasteiger partial charge is 0.406 e. The number of benzene rings is 2. The number of anilines is 3. The van der Waals surface area contributed by atoms with Gasteiger partial charge < -0.3 is 15.4 Å². The number of aryl methyl sites for hydroxylation is 1. The zero-order chi connectivity index (χ0) is 22.8. The van der Waals surface area contributed by atoms with Crippen LogP contribution in [0.25, 0.3) is 11.3 Å². The molecule has 0 unspecified atom stereocenters. The molecule has 3 rings (SSSR count). The van der Waals surface area contributed by atoms with Gasteiger partial charge in [0.25, 0.3) is 0 Å². The van der Waals surface area contributed by atoms with Crippen LogP contribution in [0.5, 0.6) is 5.75 Å². The Labute approximate surface area is 183 Å². The molecule has 0 fully saturated rings. The molecule has 31 heavy (non-hydrogen) atoms. The third-order valence-corrected chi connectivity index (χ3v) is 4.37. The molecule has 0 aliphatic rings. The molecule has 2 aromatic carbocycles. The summed E-state index contributed by atoms with van der Waals surface area (Å²) < 4.78 is 41.9. The third kappa shape index (κ3) is 6.49. The number of nitrogens with one attached hydrogen (secondary N) is 2. The summed E-state index contributed by atoms with van der Waals surface area (Å²) in [5, 5.41) is 6.91. The Kier molecular flexibility index (Phi) is 6.31. The number of nitrogens with zero attached hydrogens (tertiary/aromatic N) is 2. The molecule has 0 saturated carbocycles. The molecule has 2 N–H and O–H groups in total. The Bertz CT molecular complexity index is 1060. The van der Waals surface area contributed by atoms with Crippen LogP contribution in [0.3, 0.4) is 0 Å². The van der Waals surface area contributed by atoms with Crippen LogP contribution in [0, 0.1) is 6.92 Å². The molecule has 0 spiro atoms. The summed E-state index contributed by atoms with van der Waals surface area (Å²) in [5.41, 5.74) is 2.13. The number of rotatable bonds is 5. The van der Waals surface area contributed by atoms with Gasteiger partial charge in [-0.3, -0.25) is 0 Å². The van der Waals surface area contributed by atoms with Crippen molar-refractivity contribution >= 4 is 29.1 Å². The molecule has 0 bridgehead atoms. The van der Waals surface area contributed by atoms with Gasteiger partial charge >= 0.3 is 6.36 Å². The molecule has 3 aromatic rings. The molecule has 5 nitrogen and oxygen atoms in total. The number of ether oxygens (including phenoxy) is 1. The predicted octanol–water partition coefficient (Wildman–Crippen LogP) is 6.96. The highest BCUT2D eigenvalue weighted by molar-refractivity contribution is 6.33. The fraction of sp³-hybridized carbons (Fsp3) is 0.273. The molecule has 0 atom stereocenters. The SMILES string of the molecule is Cc1cccc(Cl)c1Nc1cc(-c2cccc(OC(F)(F)F)c2)nc(NC(C)(C)C)n1. The first-order valence-corrected chi connectivity index (χ1v) is 9.83. The minimum Gasteiger partial charge on any atom is -0.406 e. The quantitative estimate of drug-likeness (QED) is 0.440. The van der Waals surface area contributed by atoms with Crippen molar-refractivity contribution in [1.29, 1.82) is 0 Å². The molecular weight excluding hydrogens is 429 g/mol. The minimum atomic E-state index is -4.78. The van der Waals surface area contributed by atoms with Gasteiger partial charge in [-0.25, -0.2) is 4.98 Å². The van der Waals surface area contributed by atoms with Crippen molar-refractivity contribution in [1.82, 2.24) is 9.97 Å². The maximum Gasteiger partial charge on any atom is 0.573 e. The number of hydrogen-bond donors (Lipinski definition) is 2. The maximum absolute atomic E-state index is 12.6. The van der Waals surface area contributed by atoms with E-state index in [1.54, 1.807) is 18.2 Å². The van der Waals surface area contributed by atoms with E-state index in [1.165, 1.54) is 18.2 Å². The summed E-state index contributed by atoms with van der Waals surface area (Å²) in [6.07, 6.45) is -4.78. The average molecular weight is 451 g/mol. The van der Waals surface area contributed by atoms with Crippen LogP contribution in [0.2, 0.25) is 5.02 Å². The van der Waals surface area contributed by atoms with Crippen molar-refractivity contribution in [2.45, 2.75) is 39.6 Å². The lowest BCUT2D eigenvalue weighted by Gasteiger charge is -2.22. The lowest BCUT2D eigenvalue weighted by molar-refractivity contribution is -0.274. The van der Waals surface area contributed by atoms with E-state index >= 15 is 0 Å². The van der Waals surface area contributed by atoms with Crippen molar-refractivity contribution < 1.29 is 17.9 Å². The summed E-state index contributed by atoms with van der Waals surface area (Å²) >= 11 is 6.32. The molecule has 0 radical (unpaired) electrons. The van der Waals surface area contributed by atoms with Crippen molar-refractivity contribution in [3.05, 3.63) is 59.1 Å². The standard InChI is InChI=1S/C22H22ClF3N4O/c1-13-7-5-10-16(23)19(13)28-18-12-17(27-20(29-18)30-21(2,3)4)14-8-6-9-15(11-14)31-22(24,25)26/h5-12H,1-4H3,(H2,27,28,29,30). The monoisotopic (exact) mass is 450 g/mol. The molecule has 1 aromatic heterocycles. The lowest BCUT2D eigenvalue weighted by Crippen LogP contribution is -2.27. The minimum absolute atomic E-state index is 0.319. The van der Waals surface area contributed by atoms with Crippen molar-refractivity contribution in [3.63, 3.8) is 0 Å². The van der Waals surface area contributed by atoms with Crippen LogP contribution in [-0.2, 0) is 0 Å². The van der Waals surface area contributed by atoms with Gasteiger partial charge in [0.15, 0.2) is 0 Å². The molecule has 0 amide bonds. The maximum atomic E-state index is 12.6. The first kappa shape index (κ1) is 22.7. The predicted molar refractivity (Wildman–Crippen MR) is 117 cm³/mol. The number of halogens is 4. The van der Waals surface area contributed by atoms with Gasteiger partial charge in [-0.2, -0.15) is 4.98 Å². The summed E-state index contributed by atoms with van der Waals surface area (Å²) in [4.78, 5) is 8.98. The zero-order valence-corrected chi connectivity index (χ0v) is 18.2. The summed E-state index contributed by atoms with van der Waals surface area (Å²) in [5.74, 6) is 0.430. The second kappa shape index (κ2) is 8.63. The van der Waals surface area contributed by atoms with Crippen molar-refractivity contribution in [3.8, 4) is 17.0 Å². The zero-order valence-electron chi connectivity index (χ0n) is 17.4. The average Bonchev–Trinajstić information content (AvgIpc) is 2.62. The van der Waals surface area contributed by atoms with Crippen LogP contribution in [0.1, 0.15) is 26.3 Å². The fourth-order valence-electron chi connectivity index (χ4n) is 2.82. The highest BCUT2D eigenvalue weighted by Crippen LogP contribution is 2.32. The van der Waals surface area contributed by atoms with E-state index in [9.17, 15) is 13.2 Å². The summed E-state index contributed by atoms with van der Waals surface area (Å²) in [6.45, 7) is 7.76. The molecule has 9 heteroatoms. The molecule has 0 aliphatic heterocycles. The van der Waals surface area contributed by atoms with Crippen LogP contribution in [0.4, 0.5) is 30.6 Å². The topological polar surface area (TPSA) is 59.1 Å². The molecular formula is C22H22ClF3N4O. The van der Waals surface area contributed by atoms with E-state index < -0.39 is 6.36 Å². The number of alkyl halides is 3. The van der Waals surface area contributed by atoms with Gasteiger partial charge in [0, 0.05) is 17.2 Å². The van der Waals surface area contributed by atoms with Gasteiger partial charge in [0.1, 0.15) is 11.6 Å². The van der Waals surface area contributed by atoms with Gasteiger partial charge in [-0.15, -0.1) is 13.2 Å². The number of para-hydroxylation sites is 1. The molecule has 0 saturated heterocycles. The van der Waals surface area contributed by atoms with E-state index in [1.807, 2.05) is 39.8 Å². The van der Waals surface area contributed by atoms with Crippen LogP contribution >= 0.6 is 11.6 Å². The van der Waals surface area contributed by atoms with Gasteiger partial charge in [-0.1, -0.05) is 35.9 Å². The largest absolute Gasteiger partial charge is 0.573 e. The van der Waals surface area contributed by atoms with E-state index in [4.69, 9.17) is 11.6 Å². The van der Waals surface area contributed by atoms with E-state index in [0.29, 0.717) is 33.7 Å². The second-order valence-electron chi connectivity index (χ2n) is 7.97. The fourth-order valence-corrected chi connectivity index (χ4v) is 3.09. The normalized spacial score (nSPS) is 11.9. The van der Waals surface area contributed by atoms with Gasteiger partial charge in [-0.05, 0) is 51.5 Å². The Morgan fingerprint density at radius 1 is 0.968 bits per heavy atom. The van der Waals surface area contributed by atoms with Crippen LogP contribution in [0.15, 0.2) is 48.5 Å². The van der Waals surface area contributed by atoms with Crippen molar-refractivity contribution in [2.75, 3.05) is 10.6 Å². The van der Waals surface area contributed by atoms with E-state index in [2.05, 4.69) is 25.3 Å². The third-order valence-electron chi connectivity index (χ3n) is 4.05. The summed E-state index contributed by atoms with van der Waals surface area (Å²) in [6, 6.07) is 12.8. The number of hydrogen-bond acceptors (Lipinski definition) is 5. The van der Waals surface area contributed by atoms with Crippen molar-refractivity contribution in [2.24, 2.45) is 0 Å². The van der Waals surface area contributed by atoms with Gasteiger partial charge in [0.05, 0.1) is 16.4 Å². The molecule has 164 valence electrons. The second-order valence-corrected chi connectivity index (χ2v) is 8.38. The Morgan fingerprint density at radius 3 is 2.32 bits per heavy atom. The van der Waals surface area contributed by atoms with Gasteiger partial charge in [0.2, 0.25) is 5.95 Å². The first-order chi connectivity index (χ1) is 14.4. The highest BCUT2D eigenvalue weighted by Gasteiger charge is 2.31. The van der Waals surface area contributed by atoms with Crippen LogP contribution in [-0.4, -0.2) is 21.9 Å². The molecule has 1 heterocycles. The van der Waals surface area contributed by atoms with E-state index in [0.717, 1.165) is 5.56 Å². The molecule has 0 aliphatic carbocycles. The lowest BCUT2D eigenvalue weighted by atomic mass is 10.1. The Balaban J connectivity index is 2.05. The first-order valence-electron chi connectivity index (χ1n) is 9.45.